The predicted molar refractivity (Wildman–Crippen MR) is 135 cm³/mol. The molecule has 0 bridgehead atoms. The van der Waals surface area contributed by atoms with Crippen molar-refractivity contribution >= 4 is 10.8 Å². The molecule has 4 aromatic rings. The summed E-state index contributed by atoms with van der Waals surface area (Å²) in [6.45, 7) is 0.330. The minimum absolute atomic E-state index is 0.0952. The number of rotatable bonds is 10. The summed E-state index contributed by atoms with van der Waals surface area (Å²) in [5, 5.41) is 1.19. The minimum Gasteiger partial charge on any atom is -0.478 e. The van der Waals surface area contributed by atoms with Gasteiger partial charge in [-0.15, -0.1) is 0 Å². The van der Waals surface area contributed by atoms with Crippen molar-refractivity contribution in [2.24, 2.45) is 0 Å². The largest absolute Gasteiger partial charge is 0.478 e. The van der Waals surface area contributed by atoms with Gasteiger partial charge in [0.15, 0.2) is 24.0 Å². The number of hydrogen-bond acceptors (Lipinski definition) is 2. The highest BCUT2D eigenvalue weighted by Gasteiger charge is 2.30. The van der Waals surface area contributed by atoms with E-state index in [4.69, 9.17) is 0 Å². The van der Waals surface area contributed by atoms with Crippen LogP contribution in [0.2, 0.25) is 0 Å². The molecule has 8 heteroatoms. The Bertz CT molecular complexity index is 1380. The summed E-state index contributed by atoms with van der Waals surface area (Å²) in [5.74, 6) is -3.96. The van der Waals surface area contributed by atoms with Gasteiger partial charge in [-0.3, -0.25) is 4.98 Å². The Kier molecular flexibility index (Phi) is 8.59. The fourth-order valence-electron chi connectivity index (χ4n) is 4.37. The molecule has 0 N–H and O–H groups in total. The third-order valence-corrected chi connectivity index (χ3v) is 6.31. The Morgan fingerprint density at radius 1 is 0.737 bits per heavy atom. The van der Waals surface area contributed by atoms with Gasteiger partial charge in [0, 0.05) is 17.3 Å². The van der Waals surface area contributed by atoms with Gasteiger partial charge >= 0.3 is 6.18 Å². The van der Waals surface area contributed by atoms with Gasteiger partial charge in [0.2, 0.25) is 0 Å². The number of nitrogens with zero attached hydrogens (tertiary/aromatic N) is 1. The van der Waals surface area contributed by atoms with Gasteiger partial charge in [-0.25, -0.2) is 13.2 Å². The van der Waals surface area contributed by atoms with E-state index in [-0.39, 0.29) is 18.4 Å². The second-order valence-electron chi connectivity index (χ2n) is 9.29. The van der Waals surface area contributed by atoms with Crippen molar-refractivity contribution in [1.82, 2.24) is 4.98 Å². The number of aromatic nitrogens is 1. The van der Waals surface area contributed by atoms with Crippen LogP contribution in [0.5, 0.6) is 5.75 Å². The lowest BCUT2D eigenvalue weighted by Crippen LogP contribution is -2.20. The molecule has 2 nitrogen and oxygen atoms in total. The molecule has 3 aromatic carbocycles. The second-order valence-corrected chi connectivity index (χ2v) is 9.29. The van der Waals surface area contributed by atoms with Crippen LogP contribution in [0.25, 0.3) is 10.8 Å². The molecule has 0 fully saturated rings. The Morgan fingerprint density at radius 3 is 2.11 bits per heavy atom. The lowest BCUT2D eigenvalue weighted by atomic mass is 9.97. The Hall–Kier alpha value is -3.55. The predicted octanol–water partition coefficient (Wildman–Crippen LogP) is 8.12. The number of benzene rings is 3. The smallest absolute Gasteiger partial charge is 0.422 e. The fraction of sp³-hybridized carbons (Fsp3) is 0.300. The van der Waals surface area contributed by atoms with Crippen LogP contribution in [0.4, 0.5) is 26.3 Å². The fourth-order valence-corrected chi connectivity index (χ4v) is 4.37. The van der Waals surface area contributed by atoms with Gasteiger partial charge in [-0.05, 0) is 77.9 Å². The van der Waals surface area contributed by atoms with Gasteiger partial charge in [0.05, 0.1) is 0 Å². The van der Waals surface area contributed by atoms with Crippen LogP contribution in [0, 0.1) is 17.5 Å². The zero-order chi connectivity index (χ0) is 27.3. The number of alkyl halides is 3. The zero-order valence-electron chi connectivity index (χ0n) is 20.8. The van der Waals surface area contributed by atoms with Crippen LogP contribution < -0.4 is 4.74 Å². The maximum Gasteiger partial charge on any atom is 0.422 e. The summed E-state index contributed by atoms with van der Waals surface area (Å²) >= 11 is 0. The summed E-state index contributed by atoms with van der Waals surface area (Å²) in [4.78, 5) is 4.52. The molecule has 0 aliphatic carbocycles. The monoisotopic (exact) mass is 531 g/mol. The summed E-state index contributed by atoms with van der Waals surface area (Å²) in [5.41, 5.74) is 3.84. The first-order valence-corrected chi connectivity index (χ1v) is 12.4. The highest BCUT2D eigenvalue weighted by atomic mass is 19.4. The molecular formula is C30H27F6NO. The lowest BCUT2D eigenvalue weighted by Gasteiger charge is -2.12. The van der Waals surface area contributed by atoms with Gasteiger partial charge in [0.25, 0.3) is 0 Å². The first kappa shape index (κ1) is 27.5. The molecule has 0 saturated carbocycles. The number of pyridine rings is 1. The topological polar surface area (TPSA) is 22.1 Å². The summed E-state index contributed by atoms with van der Waals surface area (Å²) in [6, 6.07) is 15.0. The van der Waals surface area contributed by atoms with Crippen LogP contribution in [0.3, 0.4) is 0 Å². The molecule has 4 rings (SSSR count). The molecule has 1 heterocycles. The van der Waals surface area contributed by atoms with Crippen LogP contribution in [0.1, 0.15) is 41.3 Å². The van der Waals surface area contributed by atoms with Crippen molar-refractivity contribution in [3.05, 3.63) is 106 Å². The van der Waals surface area contributed by atoms with E-state index in [1.54, 1.807) is 12.1 Å². The highest BCUT2D eigenvalue weighted by Crippen LogP contribution is 2.28. The Balaban J connectivity index is 1.41. The number of halogens is 6. The summed E-state index contributed by atoms with van der Waals surface area (Å²) in [6.07, 6.45) is 1.06. The molecule has 38 heavy (non-hydrogen) atoms. The van der Waals surface area contributed by atoms with Crippen molar-refractivity contribution in [1.29, 1.82) is 0 Å². The van der Waals surface area contributed by atoms with E-state index in [1.807, 2.05) is 30.5 Å². The van der Waals surface area contributed by atoms with Crippen LogP contribution in [-0.2, 0) is 32.1 Å². The molecule has 0 radical (unpaired) electrons. The molecule has 200 valence electrons. The molecule has 0 saturated heterocycles. The minimum atomic E-state index is -4.72. The van der Waals surface area contributed by atoms with Crippen LogP contribution in [0.15, 0.2) is 60.8 Å². The van der Waals surface area contributed by atoms with Gasteiger partial charge in [0.1, 0.15) is 5.82 Å². The maximum absolute atomic E-state index is 15.2. The van der Waals surface area contributed by atoms with E-state index in [9.17, 15) is 22.0 Å². The van der Waals surface area contributed by atoms with E-state index in [2.05, 4.69) is 22.7 Å². The molecule has 0 spiro atoms. The molecule has 0 aliphatic rings. The molecule has 1 aromatic heterocycles. The van der Waals surface area contributed by atoms with Crippen molar-refractivity contribution in [2.45, 2.75) is 51.6 Å². The van der Waals surface area contributed by atoms with Gasteiger partial charge in [-0.1, -0.05) is 49.7 Å². The first-order valence-electron chi connectivity index (χ1n) is 12.4. The van der Waals surface area contributed by atoms with E-state index in [0.29, 0.717) is 10.9 Å². The van der Waals surface area contributed by atoms with E-state index < -0.39 is 36.0 Å². The highest BCUT2D eigenvalue weighted by molar-refractivity contribution is 5.84. The maximum atomic E-state index is 15.2. The van der Waals surface area contributed by atoms with Crippen molar-refractivity contribution in [3.8, 4) is 5.75 Å². The molecule has 0 unspecified atom stereocenters. The standard InChI is InChI=1S/C30H27F6NO/c1-2-3-20-6-12-24(37-17-20)11-5-19-7-13-25-23(14-19)10-9-22(28(25)33)8-4-21-15-26(31)29(27(32)16-21)38-18-30(34,35)36/h6-7,9-10,12-17H,2-5,8,11,18H2,1H3. The molecule has 0 amide bonds. The molecule has 0 aliphatic heterocycles. The Labute approximate surface area is 217 Å². The quantitative estimate of drug-likeness (QED) is 0.193. The summed E-state index contributed by atoms with van der Waals surface area (Å²) < 4.78 is 84.6. The number of ether oxygens (including phenoxy) is 1. The van der Waals surface area contributed by atoms with Crippen LogP contribution >= 0.6 is 0 Å². The number of fused-ring (bicyclic) bond motifs is 1. The normalized spacial score (nSPS) is 11.8. The SMILES string of the molecule is CCCc1ccc(CCc2ccc3c(F)c(CCc4cc(F)c(OCC(F)(F)F)c(F)c4)ccc3c2)nc1. The van der Waals surface area contributed by atoms with Gasteiger partial charge in [-0.2, -0.15) is 13.2 Å². The summed E-state index contributed by atoms with van der Waals surface area (Å²) in [7, 11) is 0. The van der Waals surface area contributed by atoms with E-state index in [0.717, 1.165) is 54.5 Å². The van der Waals surface area contributed by atoms with Crippen molar-refractivity contribution < 1.29 is 31.1 Å². The van der Waals surface area contributed by atoms with Gasteiger partial charge < -0.3 is 4.74 Å². The number of hydrogen-bond donors (Lipinski definition) is 0. The Morgan fingerprint density at radius 2 is 1.45 bits per heavy atom. The van der Waals surface area contributed by atoms with E-state index >= 15 is 4.39 Å². The molecular weight excluding hydrogens is 504 g/mol. The average Bonchev–Trinajstić information content (AvgIpc) is 2.87. The third kappa shape index (κ3) is 7.05. The van der Waals surface area contributed by atoms with Crippen molar-refractivity contribution in [3.63, 3.8) is 0 Å². The second kappa shape index (κ2) is 11.9. The number of aryl methyl sites for hydroxylation is 5. The van der Waals surface area contributed by atoms with Crippen molar-refractivity contribution in [2.75, 3.05) is 6.61 Å². The third-order valence-electron chi connectivity index (χ3n) is 6.31. The molecule has 0 atom stereocenters. The van der Waals surface area contributed by atoms with Crippen LogP contribution in [-0.4, -0.2) is 17.8 Å². The first-order chi connectivity index (χ1) is 18.1. The average molecular weight is 532 g/mol. The van der Waals surface area contributed by atoms with E-state index in [1.165, 1.54) is 5.56 Å². The zero-order valence-corrected chi connectivity index (χ0v) is 20.8. The lowest BCUT2D eigenvalue weighted by molar-refractivity contribution is -0.154.